The molecule has 0 radical (unpaired) electrons. The first-order valence-electron chi connectivity index (χ1n) is 3.61. The number of hydrogen-bond donors (Lipinski definition) is 0. The summed E-state index contributed by atoms with van der Waals surface area (Å²) >= 11 is 0. The molecule has 11 heavy (non-hydrogen) atoms. The van der Waals surface area contributed by atoms with Crippen molar-refractivity contribution in [2.45, 2.75) is 12.5 Å². The Morgan fingerprint density at radius 3 is 2.36 bits per heavy atom. The first-order chi connectivity index (χ1) is 5.21. The van der Waals surface area contributed by atoms with Gasteiger partial charge in [-0.1, -0.05) is 12.1 Å². The van der Waals surface area contributed by atoms with Crippen molar-refractivity contribution in [3.8, 4) is 0 Å². The highest BCUT2D eigenvalue weighted by molar-refractivity contribution is 5.25. The molecule has 1 saturated heterocycles. The molecule has 0 aliphatic carbocycles. The van der Waals surface area contributed by atoms with Gasteiger partial charge in [0, 0.05) is 0 Å². The molecule has 1 heterocycles. The standard InChI is InChI=1S/C9H9FO/c1-9(6-11-9)7-2-4-8(10)5-3-7/h2-5H,6H2,1H3/t9-/m0/s1. The minimum atomic E-state index is -0.196. The van der Waals surface area contributed by atoms with Gasteiger partial charge >= 0.3 is 0 Å². The van der Waals surface area contributed by atoms with E-state index in [-0.39, 0.29) is 11.4 Å². The van der Waals surface area contributed by atoms with Crippen LogP contribution >= 0.6 is 0 Å². The van der Waals surface area contributed by atoms with Gasteiger partial charge in [-0.3, -0.25) is 0 Å². The molecule has 0 saturated carbocycles. The van der Waals surface area contributed by atoms with Crippen molar-refractivity contribution in [2.75, 3.05) is 6.61 Å². The van der Waals surface area contributed by atoms with Crippen molar-refractivity contribution in [2.24, 2.45) is 0 Å². The van der Waals surface area contributed by atoms with Crippen molar-refractivity contribution in [3.05, 3.63) is 35.6 Å². The Morgan fingerprint density at radius 1 is 1.36 bits per heavy atom. The zero-order chi connectivity index (χ0) is 7.90. The molecular weight excluding hydrogens is 143 g/mol. The molecule has 1 aromatic carbocycles. The SMILES string of the molecule is C[C@@]1(c2ccc(F)cc2)CO1. The number of rotatable bonds is 1. The molecule has 1 nitrogen and oxygen atoms in total. The van der Waals surface area contributed by atoms with Gasteiger partial charge in [0.15, 0.2) is 0 Å². The summed E-state index contributed by atoms with van der Waals surface area (Å²) in [6.07, 6.45) is 0. The van der Waals surface area contributed by atoms with Crippen LogP contribution in [0.5, 0.6) is 0 Å². The molecule has 1 fully saturated rings. The van der Waals surface area contributed by atoms with E-state index >= 15 is 0 Å². The second-order valence-corrected chi connectivity index (χ2v) is 3.03. The Morgan fingerprint density at radius 2 is 1.91 bits per heavy atom. The molecule has 0 amide bonds. The molecule has 0 spiro atoms. The second-order valence-electron chi connectivity index (χ2n) is 3.03. The maximum atomic E-state index is 12.5. The Balaban J connectivity index is 2.33. The fourth-order valence-electron chi connectivity index (χ4n) is 1.08. The lowest BCUT2D eigenvalue weighted by Crippen LogP contribution is -2.00. The minimum Gasteiger partial charge on any atom is -0.365 e. The summed E-state index contributed by atoms with van der Waals surface area (Å²) < 4.78 is 17.7. The van der Waals surface area contributed by atoms with Crippen LogP contribution in [0.2, 0.25) is 0 Å². The molecule has 1 aliphatic heterocycles. The van der Waals surface area contributed by atoms with Gasteiger partial charge in [0.1, 0.15) is 11.4 Å². The van der Waals surface area contributed by atoms with E-state index in [2.05, 4.69) is 0 Å². The molecule has 0 aromatic heterocycles. The molecule has 1 aromatic rings. The fraction of sp³-hybridized carbons (Fsp3) is 0.333. The summed E-state index contributed by atoms with van der Waals surface area (Å²) in [5.41, 5.74) is 0.923. The molecule has 58 valence electrons. The van der Waals surface area contributed by atoms with Gasteiger partial charge in [0.25, 0.3) is 0 Å². The third-order valence-electron chi connectivity index (χ3n) is 2.03. The van der Waals surface area contributed by atoms with Gasteiger partial charge in [0.2, 0.25) is 0 Å². The third-order valence-corrected chi connectivity index (χ3v) is 2.03. The van der Waals surface area contributed by atoms with Crippen LogP contribution in [-0.2, 0) is 10.3 Å². The van der Waals surface area contributed by atoms with Gasteiger partial charge < -0.3 is 4.74 Å². The lowest BCUT2D eigenvalue weighted by Gasteiger charge is -2.03. The first kappa shape index (κ1) is 6.80. The van der Waals surface area contributed by atoms with E-state index in [1.165, 1.54) is 12.1 Å². The summed E-state index contributed by atoms with van der Waals surface area (Å²) in [7, 11) is 0. The number of epoxide rings is 1. The molecular formula is C9H9FO. The average molecular weight is 152 g/mol. The molecule has 0 N–H and O–H groups in total. The van der Waals surface area contributed by atoms with Crippen LogP contribution in [-0.4, -0.2) is 6.61 Å². The normalized spacial score (nSPS) is 28.5. The predicted molar refractivity (Wildman–Crippen MR) is 39.7 cm³/mol. The van der Waals surface area contributed by atoms with Crippen molar-refractivity contribution >= 4 is 0 Å². The second kappa shape index (κ2) is 2.05. The smallest absolute Gasteiger partial charge is 0.123 e. The zero-order valence-corrected chi connectivity index (χ0v) is 6.30. The van der Waals surface area contributed by atoms with E-state index in [4.69, 9.17) is 4.74 Å². The Labute approximate surface area is 64.8 Å². The van der Waals surface area contributed by atoms with Crippen LogP contribution < -0.4 is 0 Å². The van der Waals surface area contributed by atoms with Crippen molar-refractivity contribution in [1.82, 2.24) is 0 Å². The molecule has 1 atom stereocenters. The van der Waals surface area contributed by atoms with Crippen LogP contribution in [0.3, 0.4) is 0 Å². The van der Waals surface area contributed by atoms with E-state index in [0.29, 0.717) is 0 Å². The van der Waals surface area contributed by atoms with Crippen molar-refractivity contribution < 1.29 is 9.13 Å². The van der Waals surface area contributed by atoms with Crippen LogP contribution in [0.15, 0.2) is 24.3 Å². The molecule has 2 heteroatoms. The lowest BCUT2D eigenvalue weighted by atomic mass is 10.0. The Hall–Kier alpha value is -0.890. The monoisotopic (exact) mass is 152 g/mol. The quantitative estimate of drug-likeness (QED) is 0.561. The highest BCUT2D eigenvalue weighted by Gasteiger charge is 2.40. The number of benzene rings is 1. The van der Waals surface area contributed by atoms with Gasteiger partial charge in [-0.2, -0.15) is 0 Å². The van der Waals surface area contributed by atoms with E-state index in [9.17, 15) is 4.39 Å². The van der Waals surface area contributed by atoms with Crippen LogP contribution in [0, 0.1) is 5.82 Å². The zero-order valence-electron chi connectivity index (χ0n) is 6.30. The Bertz CT molecular complexity index is 261. The molecule has 0 unspecified atom stereocenters. The van der Waals surface area contributed by atoms with Gasteiger partial charge in [-0.05, 0) is 24.6 Å². The number of halogens is 1. The van der Waals surface area contributed by atoms with E-state index in [1.54, 1.807) is 12.1 Å². The number of ether oxygens (including phenoxy) is 1. The number of hydrogen-bond acceptors (Lipinski definition) is 1. The van der Waals surface area contributed by atoms with E-state index < -0.39 is 0 Å². The van der Waals surface area contributed by atoms with Crippen LogP contribution in [0.4, 0.5) is 4.39 Å². The molecule has 1 aliphatic rings. The highest BCUT2D eigenvalue weighted by atomic mass is 19.1. The lowest BCUT2D eigenvalue weighted by molar-refractivity contribution is 0.329. The fourth-order valence-corrected chi connectivity index (χ4v) is 1.08. The minimum absolute atomic E-state index is 0.131. The highest BCUT2D eigenvalue weighted by Crippen LogP contribution is 2.37. The summed E-state index contributed by atoms with van der Waals surface area (Å²) in [4.78, 5) is 0. The maximum absolute atomic E-state index is 12.5. The van der Waals surface area contributed by atoms with Crippen molar-refractivity contribution in [1.29, 1.82) is 0 Å². The molecule has 0 bridgehead atoms. The average Bonchev–Trinajstić information content (AvgIpc) is 2.70. The van der Waals surface area contributed by atoms with E-state index in [1.807, 2.05) is 6.92 Å². The van der Waals surface area contributed by atoms with Crippen LogP contribution in [0.25, 0.3) is 0 Å². The van der Waals surface area contributed by atoms with Crippen LogP contribution in [0.1, 0.15) is 12.5 Å². The summed E-state index contributed by atoms with van der Waals surface area (Å²) in [6, 6.07) is 6.45. The largest absolute Gasteiger partial charge is 0.365 e. The van der Waals surface area contributed by atoms with Gasteiger partial charge in [0.05, 0.1) is 6.61 Å². The first-order valence-corrected chi connectivity index (χ1v) is 3.61. The summed E-state index contributed by atoms with van der Waals surface area (Å²) in [6.45, 7) is 2.75. The Kier molecular flexibility index (Phi) is 1.26. The van der Waals surface area contributed by atoms with Crippen molar-refractivity contribution in [3.63, 3.8) is 0 Å². The maximum Gasteiger partial charge on any atom is 0.123 e. The molecule has 2 rings (SSSR count). The topological polar surface area (TPSA) is 12.5 Å². The summed E-state index contributed by atoms with van der Waals surface area (Å²) in [5, 5.41) is 0. The summed E-state index contributed by atoms with van der Waals surface area (Å²) in [5.74, 6) is -0.196. The predicted octanol–water partition coefficient (Wildman–Crippen LogP) is 2.07. The van der Waals surface area contributed by atoms with Gasteiger partial charge in [-0.25, -0.2) is 4.39 Å². The third kappa shape index (κ3) is 1.14. The van der Waals surface area contributed by atoms with E-state index in [0.717, 1.165) is 12.2 Å². The van der Waals surface area contributed by atoms with Gasteiger partial charge in [-0.15, -0.1) is 0 Å².